The number of halogens is 1. The summed E-state index contributed by atoms with van der Waals surface area (Å²) in [5.41, 5.74) is 2.12. The van der Waals surface area contributed by atoms with Crippen LogP contribution >= 0.6 is 0 Å². The SMILES string of the molecule is COc1ccc2c(c1)C=C(CN1CCC(NC(C)=O)(c3ccccc3F)CC1)CO2. The van der Waals surface area contributed by atoms with Gasteiger partial charge in [0.25, 0.3) is 0 Å². The van der Waals surface area contributed by atoms with Crippen molar-refractivity contribution in [1.82, 2.24) is 10.2 Å². The Balaban J connectivity index is 1.47. The van der Waals surface area contributed by atoms with E-state index in [9.17, 15) is 9.18 Å². The number of ether oxygens (including phenoxy) is 2. The van der Waals surface area contributed by atoms with Crippen molar-refractivity contribution in [2.45, 2.75) is 25.3 Å². The number of carbonyl (C=O) groups is 1. The number of carbonyl (C=O) groups excluding carboxylic acids is 1. The molecule has 0 aromatic heterocycles. The summed E-state index contributed by atoms with van der Waals surface area (Å²) >= 11 is 0. The quantitative estimate of drug-likeness (QED) is 0.816. The van der Waals surface area contributed by atoms with Crippen molar-refractivity contribution >= 4 is 12.0 Å². The predicted molar refractivity (Wildman–Crippen MR) is 114 cm³/mol. The van der Waals surface area contributed by atoms with Crippen LogP contribution in [0.25, 0.3) is 6.08 Å². The minimum atomic E-state index is -0.662. The van der Waals surface area contributed by atoms with Gasteiger partial charge in [-0.15, -0.1) is 0 Å². The van der Waals surface area contributed by atoms with Crippen LogP contribution in [0.3, 0.4) is 0 Å². The summed E-state index contributed by atoms with van der Waals surface area (Å²) in [5.74, 6) is 1.26. The Hall–Kier alpha value is -2.86. The molecule has 0 atom stereocenters. The van der Waals surface area contributed by atoms with E-state index in [-0.39, 0.29) is 11.7 Å². The van der Waals surface area contributed by atoms with Crippen LogP contribution in [0, 0.1) is 5.82 Å². The number of rotatable bonds is 5. The van der Waals surface area contributed by atoms with Crippen LogP contribution < -0.4 is 14.8 Å². The van der Waals surface area contributed by atoms with Crippen LogP contribution in [0.5, 0.6) is 11.5 Å². The molecule has 0 saturated carbocycles. The highest BCUT2D eigenvalue weighted by atomic mass is 19.1. The highest BCUT2D eigenvalue weighted by Gasteiger charge is 2.38. The molecular formula is C24H27FN2O3. The third-order valence-electron chi connectivity index (χ3n) is 5.93. The van der Waals surface area contributed by atoms with Crippen LogP contribution in [0.15, 0.2) is 48.0 Å². The van der Waals surface area contributed by atoms with E-state index in [4.69, 9.17) is 9.47 Å². The lowest BCUT2D eigenvalue weighted by atomic mass is 9.80. The fraction of sp³-hybridized carbons (Fsp3) is 0.375. The van der Waals surface area contributed by atoms with E-state index in [1.54, 1.807) is 19.2 Å². The monoisotopic (exact) mass is 410 g/mol. The first-order valence-corrected chi connectivity index (χ1v) is 10.3. The molecule has 0 bridgehead atoms. The van der Waals surface area contributed by atoms with Gasteiger partial charge in [0.1, 0.15) is 23.9 Å². The summed E-state index contributed by atoms with van der Waals surface area (Å²) in [6.45, 7) is 4.35. The first-order valence-electron chi connectivity index (χ1n) is 10.3. The molecule has 1 N–H and O–H groups in total. The standard InChI is InChI=1S/C24H27FN2O3/c1-17(28)26-24(21-5-3-4-6-22(21)25)9-11-27(12-10-24)15-18-13-19-14-20(29-2)7-8-23(19)30-16-18/h3-8,13-14H,9-12,15-16H2,1-2H3,(H,26,28). The highest BCUT2D eigenvalue weighted by molar-refractivity contribution is 5.74. The fourth-order valence-corrected chi connectivity index (χ4v) is 4.45. The van der Waals surface area contributed by atoms with E-state index in [0.29, 0.717) is 25.0 Å². The summed E-state index contributed by atoms with van der Waals surface area (Å²) in [5, 5.41) is 3.04. The molecule has 6 heteroatoms. The van der Waals surface area contributed by atoms with Gasteiger partial charge in [0.15, 0.2) is 0 Å². The number of nitrogens with one attached hydrogen (secondary N) is 1. The first-order chi connectivity index (χ1) is 14.5. The normalized spacial score (nSPS) is 18.0. The molecule has 2 aromatic carbocycles. The number of fused-ring (bicyclic) bond motifs is 1. The Morgan fingerprint density at radius 1 is 1.23 bits per heavy atom. The Bertz CT molecular complexity index is 965. The second-order valence-electron chi connectivity index (χ2n) is 8.01. The molecule has 1 amide bonds. The third-order valence-corrected chi connectivity index (χ3v) is 5.93. The predicted octanol–water partition coefficient (Wildman–Crippen LogP) is 3.74. The number of hydrogen-bond donors (Lipinski definition) is 1. The number of amides is 1. The van der Waals surface area contributed by atoms with E-state index < -0.39 is 5.54 Å². The maximum absolute atomic E-state index is 14.5. The Kier molecular flexibility index (Phi) is 5.77. The zero-order chi connectivity index (χ0) is 21.1. The lowest BCUT2D eigenvalue weighted by molar-refractivity contribution is -0.121. The molecule has 2 heterocycles. The van der Waals surface area contributed by atoms with Crippen molar-refractivity contribution in [3.63, 3.8) is 0 Å². The van der Waals surface area contributed by atoms with Crippen LogP contribution in [0.1, 0.15) is 30.9 Å². The molecule has 0 radical (unpaired) electrons. The Morgan fingerprint density at radius 3 is 2.70 bits per heavy atom. The molecule has 158 valence electrons. The molecule has 0 unspecified atom stereocenters. The van der Waals surface area contributed by atoms with Crippen molar-refractivity contribution in [2.24, 2.45) is 0 Å². The zero-order valence-corrected chi connectivity index (χ0v) is 17.4. The number of methoxy groups -OCH3 is 1. The molecule has 0 spiro atoms. The van der Waals surface area contributed by atoms with E-state index >= 15 is 0 Å². The van der Waals surface area contributed by atoms with Crippen molar-refractivity contribution in [3.05, 3.63) is 65.0 Å². The summed E-state index contributed by atoms with van der Waals surface area (Å²) in [6, 6.07) is 12.5. The average Bonchev–Trinajstić information content (AvgIpc) is 2.74. The van der Waals surface area contributed by atoms with Gasteiger partial charge in [0.2, 0.25) is 5.91 Å². The van der Waals surface area contributed by atoms with Gasteiger partial charge in [-0.25, -0.2) is 4.39 Å². The molecule has 4 rings (SSSR count). The lowest BCUT2D eigenvalue weighted by Crippen LogP contribution is -2.53. The van der Waals surface area contributed by atoms with Gasteiger partial charge in [0.05, 0.1) is 12.6 Å². The molecular weight excluding hydrogens is 383 g/mol. The van der Waals surface area contributed by atoms with Gasteiger partial charge >= 0.3 is 0 Å². The third kappa shape index (κ3) is 4.19. The van der Waals surface area contributed by atoms with Gasteiger partial charge in [-0.2, -0.15) is 0 Å². The molecule has 2 aromatic rings. The highest BCUT2D eigenvalue weighted by Crippen LogP contribution is 2.35. The van der Waals surface area contributed by atoms with Crippen LogP contribution in [0.2, 0.25) is 0 Å². The summed E-state index contributed by atoms with van der Waals surface area (Å²) in [6.07, 6.45) is 3.48. The second kappa shape index (κ2) is 8.48. The number of likely N-dealkylation sites (tertiary alicyclic amines) is 1. The van der Waals surface area contributed by atoms with Crippen molar-refractivity contribution < 1.29 is 18.7 Å². The number of piperidine rings is 1. The topological polar surface area (TPSA) is 50.8 Å². The maximum atomic E-state index is 14.5. The smallest absolute Gasteiger partial charge is 0.217 e. The summed E-state index contributed by atoms with van der Waals surface area (Å²) in [4.78, 5) is 14.2. The van der Waals surface area contributed by atoms with E-state index in [2.05, 4.69) is 16.3 Å². The molecule has 2 aliphatic rings. The zero-order valence-electron chi connectivity index (χ0n) is 17.4. The fourth-order valence-electron chi connectivity index (χ4n) is 4.45. The van der Waals surface area contributed by atoms with Gasteiger partial charge in [0, 0.05) is 37.7 Å². The number of benzene rings is 2. The summed E-state index contributed by atoms with van der Waals surface area (Å²) in [7, 11) is 1.65. The molecule has 30 heavy (non-hydrogen) atoms. The van der Waals surface area contributed by atoms with Crippen LogP contribution in [0.4, 0.5) is 4.39 Å². The second-order valence-corrected chi connectivity index (χ2v) is 8.01. The van der Waals surface area contributed by atoms with Gasteiger partial charge < -0.3 is 14.8 Å². The van der Waals surface area contributed by atoms with Gasteiger partial charge in [-0.3, -0.25) is 9.69 Å². The van der Waals surface area contributed by atoms with Crippen LogP contribution in [-0.4, -0.2) is 44.2 Å². The van der Waals surface area contributed by atoms with E-state index in [1.165, 1.54) is 18.6 Å². The average molecular weight is 410 g/mol. The van der Waals surface area contributed by atoms with Crippen molar-refractivity contribution in [3.8, 4) is 11.5 Å². The largest absolute Gasteiger partial charge is 0.497 e. The molecule has 1 saturated heterocycles. The molecule has 2 aliphatic heterocycles. The number of nitrogens with zero attached hydrogens (tertiary/aromatic N) is 1. The van der Waals surface area contributed by atoms with Crippen LogP contribution in [-0.2, 0) is 10.3 Å². The lowest BCUT2D eigenvalue weighted by Gasteiger charge is -2.43. The minimum Gasteiger partial charge on any atom is -0.497 e. The van der Waals surface area contributed by atoms with Crippen molar-refractivity contribution in [2.75, 3.05) is 33.4 Å². The van der Waals surface area contributed by atoms with Gasteiger partial charge in [-0.05, 0) is 48.8 Å². The maximum Gasteiger partial charge on any atom is 0.217 e. The molecule has 5 nitrogen and oxygen atoms in total. The summed E-state index contributed by atoms with van der Waals surface area (Å²) < 4.78 is 25.8. The first kappa shape index (κ1) is 20.4. The van der Waals surface area contributed by atoms with E-state index in [1.807, 2.05) is 24.3 Å². The van der Waals surface area contributed by atoms with Crippen molar-refractivity contribution in [1.29, 1.82) is 0 Å². The molecule has 0 aliphatic carbocycles. The Labute approximate surface area is 176 Å². The minimum absolute atomic E-state index is 0.138. The number of hydrogen-bond acceptors (Lipinski definition) is 4. The van der Waals surface area contributed by atoms with Gasteiger partial charge in [-0.1, -0.05) is 18.2 Å². The van der Waals surface area contributed by atoms with E-state index in [0.717, 1.165) is 36.7 Å². The Morgan fingerprint density at radius 2 is 2.00 bits per heavy atom. The molecule has 1 fully saturated rings.